The van der Waals surface area contributed by atoms with Gasteiger partial charge >= 0.3 is 0 Å². The molecule has 0 bridgehead atoms. The Hall–Kier alpha value is -1.03. The molecule has 1 unspecified atom stereocenters. The summed E-state index contributed by atoms with van der Waals surface area (Å²) in [5, 5.41) is 0.262. The third kappa shape index (κ3) is 2.31. The van der Waals surface area contributed by atoms with Gasteiger partial charge in [0.05, 0.1) is 11.9 Å². The number of nitrogens with two attached hydrogens (primary N) is 1. The standard InChI is InChI=1S/C10H15ClN4/c1-7-3-2-4-15(6-7)9-8(12)5-13-10(11)14-9/h5,7H,2-4,6,12H2,1H3. The number of aromatic nitrogens is 2. The molecule has 0 aliphatic carbocycles. The second-order valence-corrected chi connectivity index (χ2v) is 4.45. The minimum atomic E-state index is 0.262. The van der Waals surface area contributed by atoms with Crippen molar-refractivity contribution in [2.75, 3.05) is 23.7 Å². The lowest BCUT2D eigenvalue weighted by Crippen LogP contribution is -2.35. The van der Waals surface area contributed by atoms with Crippen LogP contribution in [-0.2, 0) is 0 Å². The molecule has 0 aromatic carbocycles. The second-order valence-electron chi connectivity index (χ2n) is 4.11. The lowest BCUT2D eigenvalue weighted by molar-refractivity contribution is 0.445. The molecule has 2 N–H and O–H groups in total. The number of piperidine rings is 1. The van der Waals surface area contributed by atoms with E-state index in [0.717, 1.165) is 18.9 Å². The number of rotatable bonds is 1. The first-order valence-electron chi connectivity index (χ1n) is 5.20. The molecule has 0 amide bonds. The van der Waals surface area contributed by atoms with E-state index >= 15 is 0 Å². The van der Waals surface area contributed by atoms with E-state index in [1.54, 1.807) is 6.20 Å². The number of anilines is 2. The van der Waals surface area contributed by atoms with E-state index in [1.807, 2.05) is 0 Å². The van der Waals surface area contributed by atoms with Crippen molar-refractivity contribution in [3.63, 3.8) is 0 Å². The molecule has 1 aromatic rings. The highest BCUT2D eigenvalue weighted by Crippen LogP contribution is 2.26. The minimum Gasteiger partial charge on any atom is -0.394 e. The maximum absolute atomic E-state index is 5.84. The zero-order chi connectivity index (χ0) is 10.8. The summed E-state index contributed by atoms with van der Waals surface area (Å²) in [5.74, 6) is 1.47. The van der Waals surface area contributed by atoms with E-state index in [-0.39, 0.29) is 5.28 Å². The molecule has 15 heavy (non-hydrogen) atoms. The van der Waals surface area contributed by atoms with Crippen LogP contribution in [0.5, 0.6) is 0 Å². The highest BCUT2D eigenvalue weighted by molar-refractivity contribution is 6.28. The Bertz CT molecular complexity index is 355. The Morgan fingerprint density at radius 3 is 3.13 bits per heavy atom. The number of nitrogen functional groups attached to an aromatic ring is 1. The van der Waals surface area contributed by atoms with Gasteiger partial charge < -0.3 is 10.6 Å². The van der Waals surface area contributed by atoms with Crippen LogP contribution in [0.15, 0.2) is 6.20 Å². The van der Waals surface area contributed by atoms with Gasteiger partial charge in [0.15, 0.2) is 5.82 Å². The van der Waals surface area contributed by atoms with Gasteiger partial charge in [-0.1, -0.05) is 6.92 Å². The Morgan fingerprint density at radius 1 is 1.60 bits per heavy atom. The second kappa shape index (κ2) is 4.23. The van der Waals surface area contributed by atoms with Gasteiger partial charge in [0.25, 0.3) is 0 Å². The van der Waals surface area contributed by atoms with Crippen molar-refractivity contribution in [1.29, 1.82) is 0 Å². The van der Waals surface area contributed by atoms with Gasteiger partial charge in [0.2, 0.25) is 5.28 Å². The van der Waals surface area contributed by atoms with Gasteiger partial charge in [-0.15, -0.1) is 0 Å². The fourth-order valence-electron chi connectivity index (χ4n) is 2.00. The van der Waals surface area contributed by atoms with Crippen LogP contribution in [-0.4, -0.2) is 23.1 Å². The number of halogens is 1. The van der Waals surface area contributed by atoms with Crippen LogP contribution in [0.25, 0.3) is 0 Å². The van der Waals surface area contributed by atoms with Crippen molar-refractivity contribution >= 4 is 23.1 Å². The van der Waals surface area contributed by atoms with Crippen molar-refractivity contribution in [3.8, 4) is 0 Å². The third-order valence-electron chi connectivity index (χ3n) is 2.72. The van der Waals surface area contributed by atoms with Crippen LogP contribution in [0.3, 0.4) is 0 Å². The monoisotopic (exact) mass is 226 g/mol. The quantitative estimate of drug-likeness (QED) is 0.744. The molecule has 0 spiro atoms. The fraction of sp³-hybridized carbons (Fsp3) is 0.600. The van der Waals surface area contributed by atoms with Crippen LogP contribution in [0, 0.1) is 5.92 Å². The van der Waals surface area contributed by atoms with E-state index in [4.69, 9.17) is 17.3 Å². The molecule has 1 aliphatic rings. The first kappa shape index (κ1) is 10.5. The van der Waals surface area contributed by atoms with Crippen molar-refractivity contribution in [2.24, 2.45) is 5.92 Å². The lowest BCUT2D eigenvalue weighted by atomic mass is 10.0. The van der Waals surface area contributed by atoms with Crippen LogP contribution >= 0.6 is 11.6 Å². The van der Waals surface area contributed by atoms with Gasteiger partial charge in [-0.3, -0.25) is 0 Å². The molecule has 1 aliphatic heterocycles. The average molecular weight is 227 g/mol. The molecule has 1 fully saturated rings. The fourth-order valence-corrected chi connectivity index (χ4v) is 2.13. The molecule has 1 aromatic heterocycles. The van der Waals surface area contributed by atoms with Crippen LogP contribution in [0.1, 0.15) is 19.8 Å². The molecule has 0 radical (unpaired) electrons. The summed E-state index contributed by atoms with van der Waals surface area (Å²) >= 11 is 5.77. The summed E-state index contributed by atoms with van der Waals surface area (Å²) in [6.07, 6.45) is 4.03. The van der Waals surface area contributed by atoms with E-state index in [1.165, 1.54) is 12.8 Å². The van der Waals surface area contributed by atoms with Gasteiger partial charge in [-0.05, 0) is 30.4 Å². The first-order valence-corrected chi connectivity index (χ1v) is 5.57. The summed E-state index contributed by atoms with van der Waals surface area (Å²) in [5.41, 5.74) is 6.45. The predicted octanol–water partition coefficient (Wildman–Crippen LogP) is 1.95. The average Bonchev–Trinajstić information content (AvgIpc) is 2.22. The number of nitrogens with zero attached hydrogens (tertiary/aromatic N) is 3. The first-order chi connectivity index (χ1) is 7.16. The Balaban J connectivity index is 2.24. The Kier molecular flexibility index (Phi) is 2.95. The topological polar surface area (TPSA) is 55.0 Å². The van der Waals surface area contributed by atoms with Crippen molar-refractivity contribution in [1.82, 2.24) is 9.97 Å². The van der Waals surface area contributed by atoms with Crippen molar-refractivity contribution in [2.45, 2.75) is 19.8 Å². The molecular formula is C10H15ClN4. The van der Waals surface area contributed by atoms with Crippen molar-refractivity contribution < 1.29 is 0 Å². The number of hydrogen-bond donors (Lipinski definition) is 1. The summed E-state index contributed by atoms with van der Waals surface area (Å²) in [6.45, 7) is 4.24. The van der Waals surface area contributed by atoms with Crippen molar-refractivity contribution in [3.05, 3.63) is 11.5 Å². The zero-order valence-electron chi connectivity index (χ0n) is 8.78. The van der Waals surface area contributed by atoms with Gasteiger partial charge in [0.1, 0.15) is 0 Å². The molecule has 82 valence electrons. The smallest absolute Gasteiger partial charge is 0.224 e. The SMILES string of the molecule is CC1CCCN(c2nc(Cl)ncc2N)C1. The molecule has 1 saturated heterocycles. The van der Waals surface area contributed by atoms with Crippen LogP contribution in [0.4, 0.5) is 11.5 Å². The van der Waals surface area contributed by atoms with Crippen LogP contribution < -0.4 is 10.6 Å². The summed E-state index contributed by atoms with van der Waals surface area (Å²) < 4.78 is 0. The highest BCUT2D eigenvalue weighted by Gasteiger charge is 2.19. The highest BCUT2D eigenvalue weighted by atomic mass is 35.5. The zero-order valence-corrected chi connectivity index (χ0v) is 9.54. The molecule has 0 saturated carbocycles. The summed E-state index contributed by atoms with van der Waals surface area (Å²) in [6, 6.07) is 0. The van der Waals surface area contributed by atoms with E-state index in [0.29, 0.717) is 11.6 Å². The Morgan fingerprint density at radius 2 is 2.40 bits per heavy atom. The number of hydrogen-bond acceptors (Lipinski definition) is 4. The third-order valence-corrected chi connectivity index (χ3v) is 2.91. The maximum atomic E-state index is 5.84. The van der Waals surface area contributed by atoms with Crippen LogP contribution in [0.2, 0.25) is 5.28 Å². The molecule has 2 rings (SSSR count). The van der Waals surface area contributed by atoms with E-state index in [2.05, 4.69) is 21.8 Å². The Labute approximate surface area is 94.5 Å². The minimum absolute atomic E-state index is 0.262. The largest absolute Gasteiger partial charge is 0.394 e. The summed E-state index contributed by atoms with van der Waals surface area (Å²) in [7, 11) is 0. The molecular weight excluding hydrogens is 212 g/mol. The van der Waals surface area contributed by atoms with Gasteiger partial charge in [-0.2, -0.15) is 4.98 Å². The van der Waals surface area contributed by atoms with E-state index in [9.17, 15) is 0 Å². The van der Waals surface area contributed by atoms with Gasteiger partial charge in [0, 0.05) is 13.1 Å². The van der Waals surface area contributed by atoms with E-state index < -0.39 is 0 Å². The van der Waals surface area contributed by atoms with Gasteiger partial charge in [-0.25, -0.2) is 4.98 Å². The molecule has 1 atom stereocenters. The maximum Gasteiger partial charge on any atom is 0.224 e. The molecule has 5 heteroatoms. The lowest BCUT2D eigenvalue weighted by Gasteiger charge is -2.32. The predicted molar refractivity (Wildman–Crippen MR) is 62.1 cm³/mol. The normalized spacial score (nSPS) is 21.7. The summed E-state index contributed by atoms with van der Waals surface area (Å²) in [4.78, 5) is 10.2. The molecule has 4 nitrogen and oxygen atoms in total. The molecule has 2 heterocycles.